The van der Waals surface area contributed by atoms with Gasteiger partial charge in [0.15, 0.2) is 11.5 Å². The molecule has 166 valence electrons. The zero-order chi connectivity index (χ0) is 22.5. The Morgan fingerprint density at radius 1 is 0.938 bits per heavy atom. The van der Waals surface area contributed by atoms with Crippen LogP contribution in [0.5, 0.6) is 17.2 Å². The molecule has 1 aliphatic rings. The molecule has 0 aliphatic carbocycles. The first-order valence-electron chi connectivity index (χ1n) is 10.9. The summed E-state index contributed by atoms with van der Waals surface area (Å²) in [7, 11) is 0. The summed E-state index contributed by atoms with van der Waals surface area (Å²) in [5.74, 6) is 1.45. The maximum absolute atomic E-state index is 10.9. The lowest BCUT2D eigenvalue weighted by atomic mass is 9.93. The molecular weight excluding hydrogens is 424 g/mol. The summed E-state index contributed by atoms with van der Waals surface area (Å²) in [6.07, 6.45) is 0.261. The van der Waals surface area contributed by atoms with Gasteiger partial charge in [-0.1, -0.05) is 41.9 Å². The second-order valence-corrected chi connectivity index (χ2v) is 7.91. The fourth-order valence-electron chi connectivity index (χ4n) is 3.94. The highest BCUT2D eigenvalue weighted by molar-refractivity contribution is 6.31. The first-order chi connectivity index (χ1) is 15.6. The van der Waals surface area contributed by atoms with Gasteiger partial charge in [0.25, 0.3) is 0 Å². The van der Waals surface area contributed by atoms with E-state index >= 15 is 0 Å². The second-order valence-electron chi connectivity index (χ2n) is 7.51. The quantitative estimate of drug-likeness (QED) is 0.459. The van der Waals surface area contributed by atoms with Crippen LogP contribution < -0.4 is 14.8 Å². The number of ether oxygens (including phenoxy) is 2. The van der Waals surface area contributed by atoms with Gasteiger partial charge in [0.05, 0.1) is 13.2 Å². The zero-order valence-electron chi connectivity index (χ0n) is 18.2. The molecule has 0 fully saturated rings. The summed E-state index contributed by atoms with van der Waals surface area (Å²) >= 11 is 6.50. The number of rotatable bonds is 7. The van der Waals surface area contributed by atoms with E-state index < -0.39 is 0 Å². The van der Waals surface area contributed by atoms with Gasteiger partial charge in [-0.25, -0.2) is 0 Å². The number of hydrogen-bond donors (Lipinski definition) is 2. The topological polar surface area (TPSA) is 63.1 Å². The number of phenols is 1. The molecule has 0 spiro atoms. The van der Waals surface area contributed by atoms with E-state index in [-0.39, 0.29) is 18.0 Å². The lowest BCUT2D eigenvalue weighted by Gasteiger charge is -2.31. The molecule has 2 atom stereocenters. The third-order valence-electron chi connectivity index (χ3n) is 5.45. The Bertz CT molecular complexity index is 1100. The van der Waals surface area contributed by atoms with E-state index in [1.165, 1.54) is 0 Å². The van der Waals surface area contributed by atoms with E-state index in [9.17, 15) is 5.11 Å². The third-order valence-corrected chi connectivity index (χ3v) is 5.79. The molecule has 3 aromatic carbocycles. The van der Waals surface area contributed by atoms with Gasteiger partial charge >= 0.3 is 0 Å². The summed E-state index contributed by atoms with van der Waals surface area (Å²) < 4.78 is 11.2. The van der Waals surface area contributed by atoms with Gasteiger partial charge < -0.3 is 14.6 Å². The number of aliphatic imine (C=N–C) groups is 1. The molecule has 0 saturated carbocycles. The number of nitrogens with zero attached hydrogens (tertiary/aromatic N) is 1. The molecule has 32 heavy (non-hydrogen) atoms. The van der Waals surface area contributed by atoms with Crippen LogP contribution in [0.1, 0.15) is 49.2 Å². The number of halogens is 1. The Kier molecular flexibility index (Phi) is 6.98. The molecule has 4 rings (SSSR count). The van der Waals surface area contributed by atoms with Gasteiger partial charge in [-0.3, -0.25) is 10.3 Å². The maximum atomic E-state index is 10.9. The Morgan fingerprint density at radius 2 is 1.66 bits per heavy atom. The van der Waals surface area contributed by atoms with E-state index in [1.54, 1.807) is 6.07 Å². The van der Waals surface area contributed by atoms with Crippen molar-refractivity contribution in [3.63, 3.8) is 0 Å². The Labute approximate surface area is 193 Å². The van der Waals surface area contributed by atoms with E-state index in [4.69, 9.17) is 26.1 Å². The standard InChI is InChI=1S/C26H27ClN2O3/c1-3-31-18-14-12-17(13-15-18)22-16-23(20-9-7-11-24(25(20)30)32-4-2)29-26(28-22)19-8-5-6-10-21(19)27/h5-15,23,26,29-30H,3-4,16H2,1-2H3/t23-,26+/m0/s1. The molecule has 6 heteroatoms. The smallest absolute Gasteiger partial charge is 0.162 e. The van der Waals surface area contributed by atoms with E-state index in [0.717, 1.165) is 28.2 Å². The van der Waals surface area contributed by atoms with Crippen molar-refractivity contribution in [2.24, 2.45) is 4.99 Å². The van der Waals surface area contributed by atoms with Crippen LogP contribution in [0.4, 0.5) is 0 Å². The van der Waals surface area contributed by atoms with Crippen molar-refractivity contribution in [3.8, 4) is 17.2 Å². The van der Waals surface area contributed by atoms with Crippen molar-refractivity contribution in [2.45, 2.75) is 32.5 Å². The maximum Gasteiger partial charge on any atom is 0.162 e. The highest BCUT2D eigenvalue weighted by Crippen LogP contribution is 2.39. The number of aromatic hydroxyl groups is 1. The highest BCUT2D eigenvalue weighted by atomic mass is 35.5. The number of para-hydroxylation sites is 1. The van der Waals surface area contributed by atoms with Gasteiger partial charge in [-0.2, -0.15) is 0 Å². The normalized spacial score (nSPS) is 18.2. The Balaban J connectivity index is 1.74. The molecule has 1 aliphatic heterocycles. The predicted octanol–water partition coefficient (Wildman–Crippen LogP) is 6.07. The SMILES string of the molecule is CCOc1ccc(C2=N[C@@H](c3ccccc3Cl)N[C@H](c3cccc(OCC)c3O)C2)cc1. The summed E-state index contributed by atoms with van der Waals surface area (Å²) in [5.41, 5.74) is 3.61. The monoisotopic (exact) mass is 450 g/mol. The van der Waals surface area contributed by atoms with Crippen molar-refractivity contribution >= 4 is 17.3 Å². The average Bonchev–Trinajstić information content (AvgIpc) is 2.81. The number of hydrogen-bond acceptors (Lipinski definition) is 5. The van der Waals surface area contributed by atoms with Crippen molar-refractivity contribution < 1.29 is 14.6 Å². The largest absolute Gasteiger partial charge is 0.504 e. The highest BCUT2D eigenvalue weighted by Gasteiger charge is 2.29. The first kappa shape index (κ1) is 22.2. The minimum atomic E-state index is -0.348. The Hall–Kier alpha value is -3.02. The average molecular weight is 451 g/mol. The molecule has 3 aromatic rings. The summed E-state index contributed by atoms with van der Waals surface area (Å²) in [6, 6.07) is 21.1. The second kappa shape index (κ2) is 10.1. The van der Waals surface area contributed by atoms with E-state index in [1.807, 2.05) is 74.5 Å². The van der Waals surface area contributed by atoms with Crippen LogP contribution in [0.15, 0.2) is 71.7 Å². The van der Waals surface area contributed by atoms with Crippen LogP contribution >= 0.6 is 11.6 Å². The number of nitrogens with one attached hydrogen (secondary N) is 1. The van der Waals surface area contributed by atoms with Crippen LogP contribution in [0.2, 0.25) is 5.02 Å². The molecule has 0 aromatic heterocycles. The zero-order valence-corrected chi connectivity index (χ0v) is 19.0. The van der Waals surface area contributed by atoms with Crippen LogP contribution in [-0.2, 0) is 0 Å². The van der Waals surface area contributed by atoms with Gasteiger partial charge in [0.2, 0.25) is 0 Å². The van der Waals surface area contributed by atoms with E-state index in [0.29, 0.717) is 30.4 Å². The molecule has 0 amide bonds. The van der Waals surface area contributed by atoms with Gasteiger partial charge in [0.1, 0.15) is 11.9 Å². The molecular formula is C26H27ClN2O3. The lowest BCUT2D eigenvalue weighted by Crippen LogP contribution is -2.33. The Morgan fingerprint density at radius 3 is 2.38 bits per heavy atom. The van der Waals surface area contributed by atoms with Crippen LogP contribution in [0.25, 0.3) is 0 Å². The van der Waals surface area contributed by atoms with E-state index in [2.05, 4.69) is 5.32 Å². The summed E-state index contributed by atoms with van der Waals surface area (Å²) in [5, 5.41) is 15.1. The first-order valence-corrected chi connectivity index (χ1v) is 11.2. The fourth-order valence-corrected chi connectivity index (χ4v) is 4.18. The summed E-state index contributed by atoms with van der Waals surface area (Å²) in [6.45, 7) is 4.97. The molecule has 0 unspecified atom stereocenters. The molecule has 0 radical (unpaired) electrons. The molecule has 1 heterocycles. The van der Waals surface area contributed by atoms with Crippen LogP contribution in [0, 0.1) is 0 Å². The van der Waals surface area contributed by atoms with Crippen LogP contribution in [0.3, 0.4) is 0 Å². The summed E-state index contributed by atoms with van der Waals surface area (Å²) in [4.78, 5) is 4.99. The molecule has 5 nitrogen and oxygen atoms in total. The minimum Gasteiger partial charge on any atom is -0.504 e. The molecule has 2 N–H and O–H groups in total. The van der Waals surface area contributed by atoms with Gasteiger partial charge in [-0.05, 0) is 55.8 Å². The van der Waals surface area contributed by atoms with Crippen LogP contribution in [-0.4, -0.2) is 24.0 Å². The van der Waals surface area contributed by atoms with Crippen molar-refractivity contribution in [1.29, 1.82) is 0 Å². The molecule has 0 bridgehead atoms. The van der Waals surface area contributed by atoms with Crippen molar-refractivity contribution in [2.75, 3.05) is 13.2 Å². The number of phenolic OH excluding ortho intramolecular Hbond substituents is 1. The lowest BCUT2D eigenvalue weighted by molar-refractivity contribution is 0.313. The number of benzene rings is 3. The molecule has 0 saturated heterocycles. The van der Waals surface area contributed by atoms with Gasteiger partial charge in [0, 0.05) is 34.3 Å². The minimum absolute atomic E-state index is 0.151. The fraction of sp³-hybridized carbons (Fsp3) is 0.269. The third kappa shape index (κ3) is 4.74. The van der Waals surface area contributed by atoms with Crippen molar-refractivity contribution in [3.05, 3.63) is 88.4 Å². The van der Waals surface area contributed by atoms with Crippen molar-refractivity contribution in [1.82, 2.24) is 5.32 Å². The van der Waals surface area contributed by atoms with Gasteiger partial charge in [-0.15, -0.1) is 0 Å². The predicted molar refractivity (Wildman–Crippen MR) is 128 cm³/mol.